The zero-order chi connectivity index (χ0) is 11.3. The standard InChI is InChI=1S/C11H22N2O2/c1-9(8-15-3)12-11(14)10-5-4-6-13(2)7-10/h9-10H,4-8H2,1-3H3,(H,12,14). The van der Waals surface area contributed by atoms with Gasteiger partial charge in [-0.15, -0.1) is 0 Å². The number of amides is 1. The van der Waals surface area contributed by atoms with Gasteiger partial charge in [-0.25, -0.2) is 0 Å². The number of carbonyl (C=O) groups is 1. The van der Waals surface area contributed by atoms with E-state index >= 15 is 0 Å². The number of nitrogens with zero attached hydrogens (tertiary/aromatic N) is 1. The van der Waals surface area contributed by atoms with Gasteiger partial charge in [-0.05, 0) is 33.4 Å². The van der Waals surface area contributed by atoms with Crippen molar-refractivity contribution in [2.45, 2.75) is 25.8 Å². The third-order valence-corrected chi connectivity index (χ3v) is 2.80. The largest absolute Gasteiger partial charge is 0.383 e. The van der Waals surface area contributed by atoms with Crippen molar-refractivity contribution in [2.75, 3.05) is 33.9 Å². The number of ether oxygens (including phenoxy) is 1. The van der Waals surface area contributed by atoms with Crippen LogP contribution in [0.2, 0.25) is 0 Å². The summed E-state index contributed by atoms with van der Waals surface area (Å²) in [6, 6.07) is 0.106. The smallest absolute Gasteiger partial charge is 0.224 e. The highest BCUT2D eigenvalue weighted by atomic mass is 16.5. The van der Waals surface area contributed by atoms with Crippen LogP contribution in [-0.2, 0) is 9.53 Å². The Bertz CT molecular complexity index is 209. The van der Waals surface area contributed by atoms with Crippen LogP contribution in [0.4, 0.5) is 0 Å². The number of carbonyl (C=O) groups excluding carboxylic acids is 1. The van der Waals surface area contributed by atoms with Crippen molar-refractivity contribution in [3.63, 3.8) is 0 Å². The molecule has 0 saturated carbocycles. The summed E-state index contributed by atoms with van der Waals surface area (Å²) in [5, 5.41) is 2.98. The van der Waals surface area contributed by atoms with Crippen molar-refractivity contribution in [3.8, 4) is 0 Å². The Morgan fingerprint density at radius 1 is 1.67 bits per heavy atom. The van der Waals surface area contributed by atoms with Gasteiger partial charge in [0.2, 0.25) is 5.91 Å². The van der Waals surface area contributed by atoms with Gasteiger partial charge in [-0.3, -0.25) is 4.79 Å². The normalized spacial score (nSPS) is 24.9. The summed E-state index contributed by atoms with van der Waals surface area (Å²) in [4.78, 5) is 14.1. The van der Waals surface area contributed by atoms with Gasteiger partial charge in [0.1, 0.15) is 0 Å². The molecule has 0 aromatic rings. The molecule has 4 nitrogen and oxygen atoms in total. The van der Waals surface area contributed by atoms with Crippen molar-refractivity contribution in [1.29, 1.82) is 0 Å². The summed E-state index contributed by atoms with van der Waals surface area (Å²) in [5.74, 6) is 0.328. The number of rotatable bonds is 4. The fraction of sp³-hybridized carbons (Fsp3) is 0.909. The lowest BCUT2D eigenvalue weighted by Crippen LogP contribution is -2.45. The van der Waals surface area contributed by atoms with Crippen LogP contribution in [0.25, 0.3) is 0 Å². The van der Waals surface area contributed by atoms with Crippen molar-refractivity contribution >= 4 is 5.91 Å². The van der Waals surface area contributed by atoms with Crippen LogP contribution < -0.4 is 5.32 Å². The highest BCUT2D eigenvalue weighted by molar-refractivity contribution is 5.79. The summed E-state index contributed by atoms with van der Waals surface area (Å²) in [5.41, 5.74) is 0. The van der Waals surface area contributed by atoms with E-state index in [2.05, 4.69) is 17.3 Å². The fourth-order valence-electron chi connectivity index (χ4n) is 2.03. The Morgan fingerprint density at radius 2 is 2.40 bits per heavy atom. The monoisotopic (exact) mass is 214 g/mol. The molecule has 0 aliphatic carbocycles. The molecule has 1 heterocycles. The maximum atomic E-state index is 11.8. The molecular weight excluding hydrogens is 192 g/mol. The zero-order valence-electron chi connectivity index (χ0n) is 9.95. The maximum absolute atomic E-state index is 11.8. The molecule has 4 heteroatoms. The molecule has 15 heavy (non-hydrogen) atoms. The van der Waals surface area contributed by atoms with Gasteiger partial charge in [0, 0.05) is 19.7 Å². The molecule has 2 unspecified atom stereocenters. The first kappa shape index (κ1) is 12.5. The summed E-state index contributed by atoms with van der Waals surface area (Å²) in [7, 11) is 3.72. The lowest BCUT2D eigenvalue weighted by Gasteiger charge is -2.29. The second-order valence-electron chi connectivity index (χ2n) is 4.47. The van der Waals surface area contributed by atoms with Gasteiger partial charge < -0.3 is 15.0 Å². The van der Waals surface area contributed by atoms with E-state index in [0.717, 1.165) is 25.9 Å². The Hall–Kier alpha value is -0.610. The first-order valence-corrected chi connectivity index (χ1v) is 5.61. The van der Waals surface area contributed by atoms with Crippen molar-refractivity contribution in [3.05, 3.63) is 0 Å². The second kappa shape index (κ2) is 6.08. The minimum Gasteiger partial charge on any atom is -0.383 e. The lowest BCUT2D eigenvalue weighted by atomic mass is 9.97. The number of nitrogens with one attached hydrogen (secondary N) is 1. The molecule has 0 aromatic heterocycles. The Balaban J connectivity index is 2.32. The van der Waals surface area contributed by atoms with E-state index in [9.17, 15) is 4.79 Å². The maximum Gasteiger partial charge on any atom is 0.224 e. The number of hydrogen-bond donors (Lipinski definition) is 1. The van der Waals surface area contributed by atoms with E-state index in [0.29, 0.717) is 6.61 Å². The third-order valence-electron chi connectivity index (χ3n) is 2.80. The summed E-state index contributed by atoms with van der Waals surface area (Å²) in [6.07, 6.45) is 2.13. The number of methoxy groups -OCH3 is 1. The molecule has 1 rings (SSSR count). The van der Waals surface area contributed by atoms with E-state index in [1.54, 1.807) is 7.11 Å². The molecule has 0 spiro atoms. The average Bonchev–Trinajstić information content (AvgIpc) is 2.18. The number of likely N-dealkylation sites (tertiary alicyclic amines) is 1. The van der Waals surface area contributed by atoms with Crippen molar-refractivity contribution < 1.29 is 9.53 Å². The van der Waals surface area contributed by atoms with E-state index < -0.39 is 0 Å². The Kier molecular flexibility index (Phi) is 5.05. The van der Waals surface area contributed by atoms with Crippen molar-refractivity contribution in [2.24, 2.45) is 5.92 Å². The summed E-state index contributed by atoms with van der Waals surface area (Å²) < 4.78 is 4.99. The number of piperidine rings is 1. The quantitative estimate of drug-likeness (QED) is 0.740. The van der Waals surface area contributed by atoms with Crippen LogP contribution >= 0.6 is 0 Å². The molecule has 1 aliphatic rings. The van der Waals surface area contributed by atoms with Crippen LogP contribution in [0, 0.1) is 5.92 Å². The van der Waals surface area contributed by atoms with Crippen molar-refractivity contribution in [1.82, 2.24) is 10.2 Å². The molecule has 2 atom stereocenters. The Labute approximate surface area is 92.0 Å². The minimum absolute atomic E-state index is 0.106. The van der Waals surface area contributed by atoms with Gasteiger partial charge in [0.05, 0.1) is 12.5 Å². The fourth-order valence-corrected chi connectivity index (χ4v) is 2.03. The summed E-state index contributed by atoms with van der Waals surface area (Å²) in [6.45, 7) is 4.53. The molecule has 88 valence electrons. The first-order valence-electron chi connectivity index (χ1n) is 5.61. The van der Waals surface area contributed by atoms with E-state index in [1.807, 2.05) is 6.92 Å². The van der Waals surface area contributed by atoms with Crippen LogP contribution in [0.15, 0.2) is 0 Å². The topological polar surface area (TPSA) is 41.6 Å². The molecule has 1 amide bonds. The molecule has 0 aromatic carbocycles. The van der Waals surface area contributed by atoms with E-state index in [4.69, 9.17) is 4.74 Å². The molecule has 1 saturated heterocycles. The Morgan fingerprint density at radius 3 is 3.00 bits per heavy atom. The van der Waals surface area contributed by atoms with E-state index in [1.165, 1.54) is 0 Å². The predicted octanol–water partition coefficient (Wildman–Crippen LogP) is 0.479. The highest BCUT2D eigenvalue weighted by Gasteiger charge is 2.24. The summed E-state index contributed by atoms with van der Waals surface area (Å²) >= 11 is 0. The van der Waals surface area contributed by atoms with Gasteiger partial charge >= 0.3 is 0 Å². The molecule has 1 fully saturated rings. The molecule has 0 radical (unpaired) electrons. The zero-order valence-corrected chi connectivity index (χ0v) is 9.95. The minimum atomic E-state index is 0.106. The third kappa shape index (κ3) is 4.18. The van der Waals surface area contributed by atoms with Crippen LogP contribution in [0.1, 0.15) is 19.8 Å². The molecule has 1 aliphatic heterocycles. The van der Waals surface area contributed by atoms with Gasteiger partial charge in [0.15, 0.2) is 0 Å². The second-order valence-corrected chi connectivity index (χ2v) is 4.47. The SMILES string of the molecule is COCC(C)NC(=O)C1CCCN(C)C1. The number of hydrogen-bond acceptors (Lipinski definition) is 3. The van der Waals surface area contributed by atoms with Crippen LogP contribution in [0.5, 0.6) is 0 Å². The van der Waals surface area contributed by atoms with E-state index in [-0.39, 0.29) is 17.9 Å². The van der Waals surface area contributed by atoms with Crippen LogP contribution in [0.3, 0.4) is 0 Å². The average molecular weight is 214 g/mol. The highest BCUT2D eigenvalue weighted by Crippen LogP contribution is 2.15. The molecular formula is C11H22N2O2. The van der Waals surface area contributed by atoms with Gasteiger partial charge in [0.25, 0.3) is 0 Å². The van der Waals surface area contributed by atoms with Crippen LogP contribution in [-0.4, -0.2) is 50.7 Å². The molecule has 1 N–H and O–H groups in total. The molecule has 0 bridgehead atoms. The van der Waals surface area contributed by atoms with Gasteiger partial charge in [-0.1, -0.05) is 0 Å². The van der Waals surface area contributed by atoms with Gasteiger partial charge in [-0.2, -0.15) is 0 Å². The lowest BCUT2D eigenvalue weighted by molar-refractivity contribution is -0.127. The first-order chi connectivity index (χ1) is 7.13. The predicted molar refractivity (Wildman–Crippen MR) is 59.7 cm³/mol.